The molecule has 2 aromatic rings. The van der Waals surface area contributed by atoms with Crippen LogP contribution in [0, 0.1) is 0 Å². The second-order valence-corrected chi connectivity index (χ2v) is 7.49. The smallest absolute Gasteiger partial charge is 0.335 e. The molecule has 0 aliphatic heterocycles. The third-order valence-corrected chi connectivity index (χ3v) is 3.97. The van der Waals surface area contributed by atoms with Crippen LogP contribution in [0.15, 0.2) is 40.8 Å². The van der Waals surface area contributed by atoms with E-state index in [1.165, 1.54) is 18.2 Å². The van der Waals surface area contributed by atoms with Gasteiger partial charge in [-0.05, 0) is 36.2 Å². The molecule has 8 heteroatoms. The van der Waals surface area contributed by atoms with Crippen molar-refractivity contribution in [1.29, 1.82) is 0 Å². The number of benzene rings is 1. The molecule has 1 amide bonds. The van der Waals surface area contributed by atoms with Gasteiger partial charge < -0.3 is 14.8 Å². The maximum atomic E-state index is 11.9. The Labute approximate surface area is 139 Å². The highest BCUT2D eigenvalue weighted by molar-refractivity contribution is 7.89. The molecule has 0 bridgehead atoms. The standard InChI is InChI=1S/C16H17NO6S/c1-24(21,22)10-13-5-6-14(23-13)15(18)17-8-7-11-3-2-4-12(9-11)16(19)20/h2-6,9H,7-8,10H2,1H3,(H,17,18)(H,19,20). The molecule has 7 nitrogen and oxygen atoms in total. The Bertz CT molecular complexity index is 853. The van der Waals surface area contributed by atoms with Crippen LogP contribution in [0.5, 0.6) is 0 Å². The molecular weight excluding hydrogens is 334 g/mol. The van der Waals surface area contributed by atoms with Crippen molar-refractivity contribution in [2.45, 2.75) is 12.2 Å². The van der Waals surface area contributed by atoms with Crippen LogP contribution in [0.4, 0.5) is 0 Å². The zero-order valence-corrected chi connectivity index (χ0v) is 13.8. The van der Waals surface area contributed by atoms with Gasteiger partial charge in [0.2, 0.25) is 0 Å². The predicted molar refractivity (Wildman–Crippen MR) is 86.7 cm³/mol. The second-order valence-electron chi connectivity index (χ2n) is 5.35. The van der Waals surface area contributed by atoms with Gasteiger partial charge in [-0.1, -0.05) is 12.1 Å². The van der Waals surface area contributed by atoms with E-state index >= 15 is 0 Å². The van der Waals surface area contributed by atoms with Gasteiger partial charge in [-0.2, -0.15) is 0 Å². The quantitative estimate of drug-likeness (QED) is 0.781. The van der Waals surface area contributed by atoms with E-state index in [4.69, 9.17) is 9.52 Å². The molecule has 0 spiro atoms. The van der Waals surface area contributed by atoms with Crippen LogP contribution in [0.1, 0.15) is 32.2 Å². The molecule has 1 heterocycles. The zero-order chi connectivity index (χ0) is 17.7. The highest BCUT2D eigenvalue weighted by Crippen LogP contribution is 2.11. The van der Waals surface area contributed by atoms with Crippen molar-refractivity contribution < 1.29 is 27.5 Å². The van der Waals surface area contributed by atoms with Gasteiger partial charge in [0, 0.05) is 12.8 Å². The summed E-state index contributed by atoms with van der Waals surface area (Å²) < 4.78 is 27.6. The van der Waals surface area contributed by atoms with Gasteiger partial charge in [-0.3, -0.25) is 4.79 Å². The Morgan fingerprint density at radius 3 is 2.62 bits per heavy atom. The summed E-state index contributed by atoms with van der Waals surface area (Å²) in [6.07, 6.45) is 1.55. The fourth-order valence-corrected chi connectivity index (χ4v) is 2.78. The predicted octanol–water partition coefficient (Wildman–Crippen LogP) is 1.49. The first-order chi connectivity index (χ1) is 11.2. The highest BCUT2D eigenvalue weighted by atomic mass is 32.2. The Morgan fingerprint density at radius 1 is 1.21 bits per heavy atom. The number of hydrogen-bond acceptors (Lipinski definition) is 5. The number of carbonyl (C=O) groups is 2. The molecule has 0 saturated heterocycles. The molecule has 0 fully saturated rings. The van der Waals surface area contributed by atoms with E-state index in [2.05, 4.69) is 5.32 Å². The van der Waals surface area contributed by atoms with E-state index in [1.54, 1.807) is 18.2 Å². The summed E-state index contributed by atoms with van der Waals surface area (Å²) in [5.41, 5.74) is 0.975. The SMILES string of the molecule is CS(=O)(=O)Cc1ccc(C(=O)NCCc2cccc(C(=O)O)c2)o1. The molecule has 2 N–H and O–H groups in total. The average molecular weight is 351 g/mol. The van der Waals surface area contributed by atoms with Gasteiger partial charge in [-0.15, -0.1) is 0 Å². The molecule has 1 aromatic heterocycles. The Balaban J connectivity index is 1.89. The number of rotatable bonds is 7. The lowest BCUT2D eigenvalue weighted by Gasteiger charge is -2.04. The lowest BCUT2D eigenvalue weighted by molar-refractivity contribution is 0.0696. The molecule has 24 heavy (non-hydrogen) atoms. The number of carbonyl (C=O) groups excluding carboxylic acids is 1. The van der Waals surface area contributed by atoms with Crippen LogP contribution in [0.3, 0.4) is 0 Å². The van der Waals surface area contributed by atoms with Crippen molar-refractivity contribution in [3.8, 4) is 0 Å². The van der Waals surface area contributed by atoms with Crippen molar-refractivity contribution in [3.63, 3.8) is 0 Å². The highest BCUT2D eigenvalue weighted by Gasteiger charge is 2.14. The average Bonchev–Trinajstić information content (AvgIpc) is 2.94. The molecule has 0 radical (unpaired) electrons. The van der Waals surface area contributed by atoms with E-state index in [9.17, 15) is 18.0 Å². The number of furan rings is 1. The Kier molecular flexibility index (Phi) is 5.40. The summed E-state index contributed by atoms with van der Waals surface area (Å²) in [7, 11) is -3.23. The molecule has 0 unspecified atom stereocenters. The third kappa shape index (κ3) is 5.24. The number of hydrogen-bond donors (Lipinski definition) is 2. The Hall–Kier alpha value is -2.61. The van der Waals surface area contributed by atoms with Gasteiger partial charge in [0.25, 0.3) is 5.91 Å². The maximum Gasteiger partial charge on any atom is 0.335 e. The lowest BCUT2D eigenvalue weighted by Crippen LogP contribution is -2.25. The number of aromatic carboxylic acids is 1. The number of carboxylic acids is 1. The fourth-order valence-electron chi connectivity index (χ4n) is 2.10. The van der Waals surface area contributed by atoms with Crippen LogP contribution in [0.25, 0.3) is 0 Å². The number of carboxylic acid groups (broad SMARTS) is 1. The van der Waals surface area contributed by atoms with Gasteiger partial charge in [-0.25, -0.2) is 13.2 Å². The van der Waals surface area contributed by atoms with Crippen molar-refractivity contribution >= 4 is 21.7 Å². The van der Waals surface area contributed by atoms with E-state index in [0.717, 1.165) is 11.8 Å². The summed E-state index contributed by atoms with van der Waals surface area (Å²) in [6, 6.07) is 9.33. The van der Waals surface area contributed by atoms with E-state index in [1.807, 2.05) is 0 Å². The first-order valence-electron chi connectivity index (χ1n) is 7.11. The molecule has 1 aromatic carbocycles. The van der Waals surface area contributed by atoms with Crippen LogP contribution in [-0.2, 0) is 22.0 Å². The molecule has 0 aliphatic rings. The summed E-state index contributed by atoms with van der Waals surface area (Å²) in [5.74, 6) is -1.48. The van der Waals surface area contributed by atoms with Crippen LogP contribution in [-0.4, -0.2) is 38.2 Å². The molecule has 0 aliphatic carbocycles. The van der Waals surface area contributed by atoms with Gasteiger partial charge >= 0.3 is 5.97 Å². The van der Waals surface area contributed by atoms with E-state index in [0.29, 0.717) is 13.0 Å². The van der Waals surface area contributed by atoms with E-state index in [-0.39, 0.29) is 22.8 Å². The van der Waals surface area contributed by atoms with Crippen LogP contribution < -0.4 is 5.32 Å². The Morgan fingerprint density at radius 2 is 1.96 bits per heavy atom. The molecular formula is C16H17NO6S. The van der Waals surface area contributed by atoms with Crippen molar-refractivity contribution in [2.75, 3.05) is 12.8 Å². The minimum atomic E-state index is -3.23. The van der Waals surface area contributed by atoms with Crippen molar-refractivity contribution in [2.24, 2.45) is 0 Å². The summed E-state index contributed by atoms with van der Waals surface area (Å²) in [5, 5.41) is 11.6. The summed E-state index contributed by atoms with van der Waals surface area (Å²) in [4.78, 5) is 22.8. The van der Waals surface area contributed by atoms with Gasteiger partial charge in [0.05, 0.1) is 5.56 Å². The van der Waals surface area contributed by atoms with Crippen LogP contribution >= 0.6 is 0 Å². The number of nitrogens with one attached hydrogen (secondary N) is 1. The zero-order valence-electron chi connectivity index (χ0n) is 13.0. The van der Waals surface area contributed by atoms with E-state index < -0.39 is 21.7 Å². The normalized spacial score (nSPS) is 11.2. The number of amides is 1. The van der Waals surface area contributed by atoms with Gasteiger partial charge in [0.15, 0.2) is 15.6 Å². The minimum Gasteiger partial charge on any atom is -0.478 e. The molecule has 0 saturated carbocycles. The summed E-state index contributed by atoms with van der Waals surface area (Å²) >= 11 is 0. The van der Waals surface area contributed by atoms with Crippen molar-refractivity contribution in [3.05, 3.63) is 59.0 Å². The third-order valence-electron chi connectivity index (χ3n) is 3.16. The first-order valence-corrected chi connectivity index (χ1v) is 9.17. The lowest BCUT2D eigenvalue weighted by atomic mass is 10.1. The topological polar surface area (TPSA) is 114 Å². The summed E-state index contributed by atoms with van der Waals surface area (Å²) in [6.45, 7) is 0.296. The molecule has 128 valence electrons. The second kappa shape index (κ2) is 7.31. The van der Waals surface area contributed by atoms with Gasteiger partial charge in [0.1, 0.15) is 11.5 Å². The minimum absolute atomic E-state index is 0.0351. The van der Waals surface area contributed by atoms with Crippen LogP contribution in [0.2, 0.25) is 0 Å². The largest absolute Gasteiger partial charge is 0.478 e. The molecule has 0 atom stereocenters. The molecule has 2 rings (SSSR count). The number of sulfone groups is 1. The monoisotopic (exact) mass is 351 g/mol. The van der Waals surface area contributed by atoms with Crippen molar-refractivity contribution in [1.82, 2.24) is 5.32 Å². The maximum absolute atomic E-state index is 11.9. The fraction of sp³-hybridized carbons (Fsp3) is 0.250. The first kappa shape index (κ1) is 17.7.